The minimum Gasteiger partial charge on any atom is -0.422 e. The lowest BCUT2D eigenvalue weighted by Crippen LogP contribution is -2.39. The molecule has 1 aliphatic rings. The van der Waals surface area contributed by atoms with Gasteiger partial charge in [-0.2, -0.15) is 4.98 Å². The number of likely N-dealkylation sites (N-methyl/N-ethyl adjacent to an activating group) is 1. The predicted molar refractivity (Wildman–Crippen MR) is 70.5 cm³/mol. The summed E-state index contributed by atoms with van der Waals surface area (Å²) in [4.78, 5) is 10.8. The fourth-order valence-corrected chi connectivity index (χ4v) is 2.72. The largest absolute Gasteiger partial charge is 0.422 e. The number of fused-ring (bicyclic) bond motifs is 1. The van der Waals surface area contributed by atoms with Crippen LogP contribution in [0, 0.1) is 0 Å². The molecule has 96 valence electrons. The molecule has 2 aromatic rings. The monoisotopic (exact) mass is 246 g/mol. The van der Waals surface area contributed by atoms with E-state index in [0.29, 0.717) is 23.7 Å². The number of aromatic nitrogens is 2. The summed E-state index contributed by atoms with van der Waals surface area (Å²) >= 11 is 0. The maximum atomic E-state index is 5.65. The van der Waals surface area contributed by atoms with Gasteiger partial charge >= 0.3 is 0 Å². The summed E-state index contributed by atoms with van der Waals surface area (Å²) in [5.74, 6) is 0. The highest BCUT2D eigenvalue weighted by molar-refractivity contribution is 5.69. The molecule has 2 aromatic heterocycles. The van der Waals surface area contributed by atoms with Crippen molar-refractivity contribution in [3.05, 3.63) is 18.3 Å². The minimum atomic E-state index is 0.410. The van der Waals surface area contributed by atoms with Gasteiger partial charge in [0.15, 0.2) is 5.58 Å². The van der Waals surface area contributed by atoms with Gasteiger partial charge in [-0.15, -0.1) is 0 Å². The average molecular weight is 246 g/mol. The first-order valence-electron chi connectivity index (χ1n) is 6.38. The summed E-state index contributed by atoms with van der Waals surface area (Å²) in [7, 11) is 4.25. The molecular formula is C13H18N4O. The van der Waals surface area contributed by atoms with Gasteiger partial charge in [0.25, 0.3) is 6.01 Å². The molecule has 0 radical (unpaired) electrons. The molecule has 1 saturated carbocycles. The first-order valence-corrected chi connectivity index (χ1v) is 6.38. The summed E-state index contributed by atoms with van der Waals surface area (Å²) in [6.45, 7) is 0. The van der Waals surface area contributed by atoms with Crippen LogP contribution in [0.15, 0.2) is 22.7 Å². The Morgan fingerprint density at radius 1 is 1.39 bits per heavy atom. The molecule has 0 spiro atoms. The predicted octanol–water partition coefficient (Wildman–Crippen LogP) is 2.12. The summed E-state index contributed by atoms with van der Waals surface area (Å²) in [6.07, 6.45) is 5.37. The van der Waals surface area contributed by atoms with E-state index in [4.69, 9.17) is 4.42 Å². The Hall–Kier alpha value is -1.62. The summed E-state index contributed by atoms with van der Waals surface area (Å²) < 4.78 is 5.65. The second kappa shape index (κ2) is 4.57. The van der Waals surface area contributed by atoms with Gasteiger partial charge in [0.2, 0.25) is 5.65 Å². The van der Waals surface area contributed by atoms with E-state index in [1.165, 1.54) is 12.8 Å². The van der Waals surface area contributed by atoms with Crippen LogP contribution in [0.2, 0.25) is 0 Å². The number of oxazole rings is 1. The van der Waals surface area contributed by atoms with Crippen LogP contribution in [0.4, 0.5) is 6.01 Å². The number of rotatable bonds is 3. The fraction of sp³-hybridized carbons (Fsp3) is 0.538. The second-order valence-electron chi connectivity index (χ2n) is 5.06. The van der Waals surface area contributed by atoms with Gasteiger partial charge in [0.1, 0.15) is 0 Å². The Balaban J connectivity index is 1.79. The lowest BCUT2D eigenvalue weighted by atomic mass is 10.1. The quantitative estimate of drug-likeness (QED) is 0.899. The lowest BCUT2D eigenvalue weighted by molar-refractivity contribution is 0.283. The number of hydrogen-bond donors (Lipinski definition) is 1. The van der Waals surface area contributed by atoms with E-state index in [1.54, 1.807) is 6.20 Å². The molecular weight excluding hydrogens is 228 g/mol. The van der Waals surface area contributed by atoms with E-state index < -0.39 is 0 Å². The Morgan fingerprint density at radius 2 is 2.28 bits per heavy atom. The van der Waals surface area contributed by atoms with E-state index in [-0.39, 0.29) is 0 Å². The van der Waals surface area contributed by atoms with E-state index >= 15 is 0 Å². The molecule has 0 aliphatic heterocycles. The first-order chi connectivity index (χ1) is 8.74. The van der Waals surface area contributed by atoms with Crippen molar-refractivity contribution in [2.75, 3.05) is 19.4 Å². The SMILES string of the molecule is CN(C)[C@@H]1CCC[C@H]1Nc1nc2ncccc2o1. The van der Waals surface area contributed by atoms with E-state index in [2.05, 4.69) is 34.3 Å². The molecule has 1 aliphatic carbocycles. The van der Waals surface area contributed by atoms with Crippen molar-refractivity contribution in [2.45, 2.75) is 31.3 Å². The number of hydrogen-bond acceptors (Lipinski definition) is 5. The van der Waals surface area contributed by atoms with Crippen LogP contribution >= 0.6 is 0 Å². The van der Waals surface area contributed by atoms with Crippen LogP contribution < -0.4 is 5.32 Å². The third kappa shape index (κ3) is 2.06. The third-order valence-corrected chi connectivity index (χ3v) is 3.62. The lowest BCUT2D eigenvalue weighted by Gasteiger charge is -2.26. The van der Waals surface area contributed by atoms with Crippen LogP contribution in [0.1, 0.15) is 19.3 Å². The van der Waals surface area contributed by atoms with E-state index in [1.807, 2.05) is 12.1 Å². The van der Waals surface area contributed by atoms with Crippen molar-refractivity contribution in [1.82, 2.24) is 14.9 Å². The van der Waals surface area contributed by atoms with Crippen molar-refractivity contribution in [3.63, 3.8) is 0 Å². The van der Waals surface area contributed by atoms with Crippen molar-refractivity contribution < 1.29 is 4.42 Å². The molecule has 0 bridgehead atoms. The molecule has 3 rings (SSSR count). The number of nitrogens with one attached hydrogen (secondary N) is 1. The molecule has 5 nitrogen and oxygen atoms in total. The number of nitrogens with zero attached hydrogens (tertiary/aromatic N) is 3. The zero-order valence-corrected chi connectivity index (χ0v) is 10.8. The molecule has 0 amide bonds. The maximum absolute atomic E-state index is 5.65. The van der Waals surface area contributed by atoms with Gasteiger partial charge < -0.3 is 14.6 Å². The van der Waals surface area contributed by atoms with Crippen molar-refractivity contribution >= 4 is 17.2 Å². The van der Waals surface area contributed by atoms with Crippen molar-refractivity contribution in [3.8, 4) is 0 Å². The third-order valence-electron chi connectivity index (χ3n) is 3.62. The van der Waals surface area contributed by atoms with Gasteiger partial charge in [-0.3, -0.25) is 0 Å². The van der Waals surface area contributed by atoms with Crippen LogP contribution in [0.3, 0.4) is 0 Å². The first kappa shape index (κ1) is 11.5. The molecule has 18 heavy (non-hydrogen) atoms. The van der Waals surface area contributed by atoms with Crippen LogP contribution in [0.25, 0.3) is 11.2 Å². The van der Waals surface area contributed by atoms with E-state index in [9.17, 15) is 0 Å². The van der Waals surface area contributed by atoms with Gasteiger partial charge in [-0.05, 0) is 45.5 Å². The summed E-state index contributed by atoms with van der Waals surface area (Å²) in [5, 5.41) is 3.40. The smallest absolute Gasteiger partial charge is 0.297 e. The normalized spacial score (nSPS) is 23.9. The van der Waals surface area contributed by atoms with Crippen molar-refractivity contribution in [2.24, 2.45) is 0 Å². The van der Waals surface area contributed by atoms with Gasteiger partial charge in [0.05, 0.1) is 0 Å². The standard InChI is InChI=1S/C13H18N4O/c1-17(2)10-6-3-5-9(10)15-13-16-12-11(18-13)7-4-8-14-12/h4,7-10H,3,5-6H2,1-2H3,(H,14,15,16)/t9-,10-/m1/s1. The molecule has 2 atom stereocenters. The Bertz CT molecular complexity index is 504. The molecule has 0 unspecified atom stereocenters. The van der Waals surface area contributed by atoms with Crippen LogP contribution in [-0.2, 0) is 0 Å². The van der Waals surface area contributed by atoms with Crippen LogP contribution in [0.5, 0.6) is 0 Å². The average Bonchev–Trinajstić information content (AvgIpc) is 2.94. The summed E-state index contributed by atoms with van der Waals surface area (Å²) in [5.41, 5.74) is 1.40. The molecule has 1 fully saturated rings. The van der Waals surface area contributed by atoms with Gasteiger partial charge in [-0.1, -0.05) is 0 Å². The topological polar surface area (TPSA) is 54.2 Å². The molecule has 5 heteroatoms. The molecule has 0 aromatic carbocycles. The highest BCUT2D eigenvalue weighted by atomic mass is 16.4. The Morgan fingerprint density at radius 3 is 3.06 bits per heavy atom. The van der Waals surface area contributed by atoms with E-state index in [0.717, 1.165) is 12.0 Å². The van der Waals surface area contributed by atoms with Crippen LogP contribution in [-0.4, -0.2) is 41.0 Å². The zero-order valence-electron chi connectivity index (χ0n) is 10.8. The number of pyridine rings is 1. The summed E-state index contributed by atoms with van der Waals surface area (Å²) in [6, 6.07) is 5.29. The maximum Gasteiger partial charge on any atom is 0.297 e. The molecule has 0 saturated heterocycles. The Kier molecular flexibility index (Phi) is 2.91. The Labute approximate surface area is 106 Å². The number of anilines is 1. The fourth-order valence-electron chi connectivity index (χ4n) is 2.72. The van der Waals surface area contributed by atoms with Crippen molar-refractivity contribution in [1.29, 1.82) is 0 Å². The highest BCUT2D eigenvalue weighted by Crippen LogP contribution is 2.26. The van der Waals surface area contributed by atoms with Gasteiger partial charge in [-0.25, -0.2) is 4.98 Å². The van der Waals surface area contributed by atoms with Gasteiger partial charge in [0, 0.05) is 18.3 Å². The zero-order chi connectivity index (χ0) is 12.5. The highest BCUT2D eigenvalue weighted by Gasteiger charge is 2.29. The molecule has 2 heterocycles. The molecule has 1 N–H and O–H groups in total. The second-order valence-corrected chi connectivity index (χ2v) is 5.06. The minimum absolute atomic E-state index is 0.410.